The van der Waals surface area contributed by atoms with E-state index in [4.69, 9.17) is 21.1 Å². The summed E-state index contributed by atoms with van der Waals surface area (Å²) in [6.45, 7) is 0.466. The van der Waals surface area contributed by atoms with Crippen LogP contribution in [0.25, 0.3) is 0 Å². The van der Waals surface area contributed by atoms with Crippen molar-refractivity contribution in [2.45, 2.75) is 6.54 Å². The molecule has 0 aliphatic carbocycles. The van der Waals surface area contributed by atoms with Gasteiger partial charge in [-0.15, -0.1) is 0 Å². The molecule has 0 radical (unpaired) electrons. The zero-order valence-corrected chi connectivity index (χ0v) is 12.1. The summed E-state index contributed by atoms with van der Waals surface area (Å²) in [6.07, 6.45) is 0. The number of hydrogen-bond acceptors (Lipinski definition) is 4. The minimum absolute atomic E-state index is 0.250. The maximum Gasteiger partial charge on any atom is 0.143 e. The van der Waals surface area contributed by atoms with E-state index in [1.54, 1.807) is 38.5 Å². The first-order valence-electron chi connectivity index (χ1n) is 6.08. The van der Waals surface area contributed by atoms with Gasteiger partial charge in [-0.2, -0.15) is 0 Å². The molecule has 2 rings (SSSR count). The molecule has 2 aromatic rings. The fourth-order valence-corrected chi connectivity index (χ4v) is 2.08. The van der Waals surface area contributed by atoms with Crippen LogP contribution in [0.2, 0.25) is 5.02 Å². The van der Waals surface area contributed by atoms with Gasteiger partial charge in [0.2, 0.25) is 0 Å². The Morgan fingerprint density at radius 1 is 1.10 bits per heavy atom. The number of benzene rings is 2. The van der Waals surface area contributed by atoms with E-state index in [0.29, 0.717) is 23.1 Å². The molecule has 20 heavy (non-hydrogen) atoms. The molecule has 0 aromatic heterocycles. The van der Waals surface area contributed by atoms with Gasteiger partial charge in [-0.05, 0) is 6.07 Å². The quantitative estimate of drug-likeness (QED) is 0.883. The highest BCUT2D eigenvalue weighted by Crippen LogP contribution is 2.36. The second kappa shape index (κ2) is 6.39. The van der Waals surface area contributed by atoms with Crippen LogP contribution < -0.4 is 14.8 Å². The van der Waals surface area contributed by atoms with E-state index in [2.05, 4.69) is 5.32 Å². The van der Waals surface area contributed by atoms with E-state index >= 15 is 0 Å². The molecule has 0 aliphatic heterocycles. The summed E-state index contributed by atoms with van der Waals surface area (Å²) >= 11 is 6.05. The number of rotatable bonds is 5. The predicted molar refractivity (Wildman–Crippen MR) is 80.0 cm³/mol. The molecule has 2 aromatic carbocycles. The highest BCUT2D eigenvalue weighted by Gasteiger charge is 2.10. The van der Waals surface area contributed by atoms with E-state index in [1.165, 1.54) is 0 Å². The number of nitrogens with one attached hydrogen (secondary N) is 1. The number of methoxy groups -OCH3 is 2. The summed E-state index contributed by atoms with van der Waals surface area (Å²) in [5, 5.41) is 13.4. The molecule has 5 heteroatoms. The van der Waals surface area contributed by atoms with Crippen molar-refractivity contribution in [2.75, 3.05) is 19.5 Å². The smallest absolute Gasteiger partial charge is 0.143 e. The Morgan fingerprint density at radius 3 is 2.45 bits per heavy atom. The van der Waals surface area contributed by atoms with Gasteiger partial charge < -0.3 is 19.9 Å². The normalized spacial score (nSPS) is 10.2. The zero-order valence-electron chi connectivity index (χ0n) is 11.3. The van der Waals surface area contributed by atoms with Gasteiger partial charge in [0.1, 0.15) is 17.2 Å². The van der Waals surface area contributed by atoms with Crippen molar-refractivity contribution in [3.63, 3.8) is 0 Å². The lowest BCUT2D eigenvalue weighted by Crippen LogP contribution is -2.02. The molecule has 0 fully saturated rings. The van der Waals surface area contributed by atoms with Gasteiger partial charge in [0.05, 0.1) is 24.9 Å². The Labute approximate surface area is 122 Å². The Balaban J connectivity index is 2.22. The molecule has 0 bridgehead atoms. The minimum Gasteiger partial charge on any atom is -0.508 e. The predicted octanol–water partition coefficient (Wildman–Crippen LogP) is 3.67. The molecule has 0 heterocycles. The number of hydrogen-bond donors (Lipinski definition) is 2. The number of phenols is 1. The highest BCUT2D eigenvalue weighted by atomic mass is 35.5. The van der Waals surface area contributed by atoms with Crippen molar-refractivity contribution in [2.24, 2.45) is 0 Å². The van der Waals surface area contributed by atoms with Crippen LogP contribution in [0, 0.1) is 0 Å². The van der Waals surface area contributed by atoms with Crippen LogP contribution >= 0.6 is 11.6 Å². The molecule has 0 spiro atoms. The third-order valence-electron chi connectivity index (χ3n) is 2.93. The first-order valence-corrected chi connectivity index (χ1v) is 6.45. The number of para-hydroxylation sites is 1. The van der Waals surface area contributed by atoms with Crippen molar-refractivity contribution in [1.82, 2.24) is 0 Å². The second-order valence-electron chi connectivity index (χ2n) is 4.17. The summed E-state index contributed by atoms with van der Waals surface area (Å²) in [6, 6.07) is 10.6. The third-order valence-corrected chi connectivity index (χ3v) is 3.23. The molecule has 2 N–H and O–H groups in total. The fraction of sp³-hybridized carbons (Fsp3) is 0.200. The summed E-state index contributed by atoms with van der Waals surface area (Å²) in [4.78, 5) is 0. The average Bonchev–Trinajstić information content (AvgIpc) is 2.47. The van der Waals surface area contributed by atoms with Crippen molar-refractivity contribution in [3.05, 3.63) is 47.0 Å². The van der Waals surface area contributed by atoms with Gasteiger partial charge in [0, 0.05) is 24.2 Å². The Bertz CT molecular complexity index is 602. The van der Waals surface area contributed by atoms with Gasteiger partial charge in [-0.1, -0.05) is 29.8 Å². The molecule has 106 valence electrons. The first-order chi connectivity index (χ1) is 9.65. The third kappa shape index (κ3) is 3.08. The van der Waals surface area contributed by atoms with Crippen LogP contribution in [-0.4, -0.2) is 19.3 Å². The summed E-state index contributed by atoms with van der Waals surface area (Å²) in [7, 11) is 3.13. The van der Waals surface area contributed by atoms with Gasteiger partial charge in [0.25, 0.3) is 0 Å². The van der Waals surface area contributed by atoms with Crippen LogP contribution in [-0.2, 0) is 6.54 Å². The van der Waals surface area contributed by atoms with E-state index in [-0.39, 0.29) is 5.75 Å². The maximum atomic E-state index is 9.74. The van der Waals surface area contributed by atoms with Crippen molar-refractivity contribution >= 4 is 17.3 Å². The highest BCUT2D eigenvalue weighted by molar-refractivity contribution is 6.32. The van der Waals surface area contributed by atoms with Crippen LogP contribution in [0.5, 0.6) is 17.2 Å². The van der Waals surface area contributed by atoms with Gasteiger partial charge in [-0.3, -0.25) is 0 Å². The van der Waals surface area contributed by atoms with E-state index in [0.717, 1.165) is 11.3 Å². The molecular formula is C15H16ClNO3. The monoisotopic (exact) mass is 293 g/mol. The summed E-state index contributed by atoms with van der Waals surface area (Å²) < 4.78 is 10.5. The largest absolute Gasteiger partial charge is 0.508 e. The molecule has 0 saturated heterocycles. The number of anilines is 1. The molecule has 0 aliphatic rings. The average molecular weight is 294 g/mol. The van der Waals surface area contributed by atoms with E-state index in [9.17, 15) is 5.11 Å². The van der Waals surface area contributed by atoms with Crippen molar-refractivity contribution in [1.29, 1.82) is 0 Å². The Hall–Kier alpha value is -2.07. The number of ether oxygens (including phenoxy) is 2. The summed E-state index contributed by atoms with van der Waals surface area (Å²) in [5.41, 5.74) is 1.54. The van der Waals surface area contributed by atoms with E-state index < -0.39 is 0 Å². The first kappa shape index (κ1) is 14.3. The van der Waals surface area contributed by atoms with E-state index in [1.807, 2.05) is 12.1 Å². The number of halogens is 1. The van der Waals surface area contributed by atoms with Gasteiger partial charge >= 0.3 is 0 Å². The number of aromatic hydroxyl groups is 1. The van der Waals surface area contributed by atoms with Crippen LogP contribution in [0.1, 0.15) is 5.56 Å². The van der Waals surface area contributed by atoms with Gasteiger partial charge in [-0.25, -0.2) is 0 Å². The molecule has 4 nitrogen and oxygen atoms in total. The molecule has 0 unspecified atom stereocenters. The second-order valence-corrected chi connectivity index (χ2v) is 4.58. The number of phenolic OH excluding ortho intramolecular Hbond substituents is 1. The topological polar surface area (TPSA) is 50.7 Å². The van der Waals surface area contributed by atoms with Crippen molar-refractivity contribution in [3.8, 4) is 17.2 Å². The maximum absolute atomic E-state index is 9.74. The molecule has 0 amide bonds. The molecule has 0 atom stereocenters. The molecule has 0 saturated carbocycles. The van der Waals surface area contributed by atoms with Crippen molar-refractivity contribution < 1.29 is 14.6 Å². The zero-order chi connectivity index (χ0) is 14.5. The minimum atomic E-state index is 0.250. The standard InChI is InChI=1S/C15H16ClNO3/c1-19-14-8-12(15(20-2)7-11(14)16)17-9-10-5-3-4-6-13(10)18/h3-8,17-18H,9H2,1-2H3. The SMILES string of the molecule is COc1cc(NCc2ccccc2O)c(OC)cc1Cl. The Kier molecular flexibility index (Phi) is 4.58. The van der Waals surface area contributed by atoms with Crippen LogP contribution in [0.15, 0.2) is 36.4 Å². The Morgan fingerprint density at radius 2 is 1.80 bits per heavy atom. The lowest BCUT2D eigenvalue weighted by atomic mass is 10.2. The summed E-state index contributed by atoms with van der Waals surface area (Å²) in [5.74, 6) is 1.43. The fourth-order valence-electron chi connectivity index (χ4n) is 1.85. The van der Waals surface area contributed by atoms with Crippen LogP contribution in [0.3, 0.4) is 0 Å². The lowest BCUT2D eigenvalue weighted by Gasteiger charge is -2.14. The molecular weight excluding hydrogens is 278 g/mol. The van der Waals surface area contributed by atoms with Crippen LogP contribution in [0.4, 0.5) is 5.69 Å². The van der Waals surface area contributed by atoms with Gasteiger partial charge in [0.15, 0.2) is 0 Å². The lowest BCUT2D eigenvalue weighted by molar-refractivity contribution is 0.404.